The van der Waals surface area contributed by atoms with E-state index < -0.39 is 0 Å². The van der Waals surface area contributed by atoms with E-state index >= 15 is 0 Å². The second kappa shape index (κ2) is 6.67. The molecule has 0 amide bonds. The molecule has 0 spiro atoms. The Morgan fingerprint density at radius 3 is 3.00 bits per heavy atom. The zero-order valence-corrected chi connectivity index (χ0v) is 13.1. The maximum atomic E-state index is 5.49. The van der Waals surface area contributed by atoms with Gasteiger partial charge >= 0.3 is 0 Å². The number of benzene rings is 1. The van der Waals surface area contributed by atoms with E-state index in [0.29, 0.717) is 12.8 Å². The zero-order chi connectivity index (χ0) is 14.7. The van der Waals surface area contributed by atoms with Gasteiger partial charge < -0.3 is 19.7 Å². The molecule has 1 N–H and O–H groups in total. The lowest BCUT2D eigenvalue weighted by Crippen LogP contribution is -2.40. The van der Waals surface area contributed by atoms with E-state index in [9.17, 15) is 0 Å². The Bertz CT molecular complexity index is 478. The van der Waals surface area contributed by atoms with Crippen LogP contribution in [0.1, 0.15) is 37.8 Å². The number of piperidine rings is 1. The summed E-state index contributed by atoms with van der Waals surface area (Å²) in [5, 5.41) is 3.45. The van der Waals surface area contributed by atoms with Crippen molar-refractivity contribution in [3.8, 4) is 11.5 Å². The molecule has 0 radical (unpaired) electrons. The molecular weight excluding hydrogens is 264 g/mol. The Hall–Kier alpha value is -1.26. The van der Waals surface area contributed by atoms with Crippen molar-refractivity contribution in [2.24, 2.45) is 5.92 Å². The molecule has 116 valence electrons. The Labute approximate surface area is 127 Å². The first-order chi connectivity index (χ1) is 10.3. The molecule has 2 atom stereocenters. The third-order valence-corrected chi connectivity index (χ3v) is 4.77. The molecule has 0 aliphatic carbocycles. The summed E-state index contributed by atoms with van der Waals surface area (Å²) >= 11 is 0. The summed E-state index contributed by atoms with van der Waals surface area (Å²) in [6.45, 7) is 6.17. The van der Waals surface area contributed by atoms with Crippen LogP contribution in [0.2, 0.25) is 0 Å². The summed E-state index contributed by atoms with van der Waals surface area (Å²) in [7, 11) is 2.04. The zero-order valence-electron chi connectivity index (χ0n) is 13.1. The molecule has 1 aromatic rings. The molecule has 0 aromatic heterocycles. The molecule has 21 heavy (non-hydrogen) atoms. The van der Waals surface area contributed by atoms with Crippen molar-refractivity contribution >= 4 is 0 Å². The predicted molar refractivity (Wildman–Crippen MR) is 83.8 cm³/mol. The molecule has 2 heterocycles. The van der Waals surface area contributed by atoms with E-state index in [-0.39, 0.29) is 0 Å². The summed E-state index contributed by atoms with van der Waals surface area (Å²) in [5.74, 6) is 2.60. The van der Waals surface area contributed by atoms with Gasteiger partial charge in [-0.1, -0.05) is 19.4 Å². The van der Waals surface area contributed by atoms with Gasteiger partial charge in [-0.05, 0) is 50.0 Å². The van der Waals surface area contributed by atoms with Gasteiger partial charge in [0.05, 0.1) is 0 Å². The highest BCUT2D eigenvalue weighted by molar-refractivity contribution is 5.45. The van der Waals surface area contributed by atoms with Crippen molar-refractivity contribution in [3.63, 3.8) is 0 Å². The van der Waals surface area contributed by atoms with Gasteiger partial charge in [-0.2, -0.15) is 0 Å². The minimum atomic E-state index is 0.341. The van der Waals surface area contributed by atoms with Gasteiger partial charge in [0.1, 0.15) is 0 Å². The number of nitrogens with zero attached hydrogens (tertiary/aromatic N) is 1. The second-order valence-corrected chi connectivity index (χ2v) is 6.13. The number of hydrogen-bond acceptors (Lipinski definition) is 4. The quantitative estimate of drug-likeness (QED) is 0.904. The first-order valence-corrected chi connectivity index (χ1v) is 8.09. The van der Waals surface area contributed by atoms with Crippen molar-refractivity contribution in [1.82, 2.24) is 10.2 Å². The predicted octanol–water partition coefficient (Wildman–Crippen LogP) is 2.80. The number of rotatable bonds is 5. The maximum absolute atomic E-state index is 5.49. The third kappa shape index (κ3) is 3.33. The normalized spacial score (nSPS) is 23.2. The SMILES string of the molecule is CCC1CCCN(CC(NC)c2ccc3c(c2)OCO3)C1. The lowest BCUT2D eigenvalue weighted by atomic mass is 9.95. The Morgan fingerprint density at radius 2 is 2.19 bits per heavy atom. The fraction of sp³-hybridized carbons (Fsp3) is 0.647. The molecule has 4 heteroatoms. The molecule has 2 aliphatic heterocycles. The topological polar surface area (TPSA) is 33.7 Å². The average Bonchev–Trinajstić information content (AvgIpc) is 3.00. The summed E-state index contributed by atoms with van der Waals surface area (Å²) in [5.41, 5.74) is 1.28. The largest absolute Gasteiger partial charge is 0.454 e. The average molecular weight is 290 g/mol. The van der Waals surface area contributed by atoms with Crippen LogP contribution in [0.3, 0.4) is 0 Å². The molecular formula is C17H26N2O2. The van der Waals surface area contributed by atoms with Crippen LogP contribution in [0.15, 0.2) is 18.2 Å². The van der Waals surface area contributed by atoms with Gasteiger partial charge in [-0.25, -0.2) is 0 Å². The van der Waals surface area contributed by atoms with Crippen LogP contribution in [-0.2, 0) is 0 Å². The monoisotopic (exact) mass is 290 g/mol. The minimum Gasteiger partial charge on any atom is -0.454 e. The summed E-state index contributed by atoms with van der Waals surface area (Å²) < 4.78 is 10.9. The van der Waals surface area contributed by atoms with E-state index in [1.165, 1.54) is 37.9 Å². The highest BCUT2D eigenvalue weighted by Gasteiger charge is 2.23. The number of fused-ring (bicyclic) bond motifs is 1. The molecule has 0 saturated carbocycles. The van der Waals surface area contributed by atoms with Crippen molar-refractivity contribution in [2.75, 3.05) is 33.5 Å². The van der Waals surface area contributed by atoms with Crippen LogP contribution in [0.5, 0.6) is 11.5 Å². The van der Waals surface area contributed by atoms with Gasteiger partial charge in [0.2, 0.25) is 6.79 Å². The Balaban J connectivity index is 1.67. The number of likely N-dealkylation sites (N-methyl/N-ethyl adjacent to an activating group) is 1. The second-order valence-electron chi connectivity index (χ2n) is 6.13. The molecule has 2 aliphatic rings. The molecule has 3 rings (SSSR count). The lowest BCUT2D eigenvalue weighted by molar-refractivity contribution is 0.158. The van der Waals surface area contributed by atoms with Crippen molar-refractivity contribution in [2.45, 2.75) is 32.2 Å². The van der Waals surface area contributed by atoms with Crippen LogP contribution in [0.25, 0.3) is 0 Å². The molecule has 1 aromatic carbocycles. The van der Waals surface area contributed by atoms with Gasteiger partial charge in [0.25, 0.3) is 0 Å². The molecule has 0 bridgehead atoms. The summed E-state index contributed by atoms with van der Waals surface area (Å²) in [6.07, 6.45) is 4.02. The van der Waals surface area contributed by atoms with Gasteiger partial charge in [-0.3, -0.25) is 0 Å². The number of hydrogen-bond donors (Lipinski definition) is 1. The Kier molecular flexibility index (Phi) is 4.66. The van der Waals surface area contributed by atoms with E-state index in [1.807, 2.05) is 13.1 Å². The smallest absolute Gasteiger partial charge is 0.231 e. The highest BCUT2D eigenvalue weighted by atomic mass is 16.7. The van der Waals surface area contributed by atoms with Crippen LogP contribution in [0, 0.1) is 5.92 Å². The molecule has 2 unspecified atom stereocenters. The first kappa shape index (κ1) is 14.7. The van der Waals surface area contributed by atoms with E-state index in [0.717, 1.165) is 24.0 Å². The summed E-state index contributed by atoms with van der Waals surface area (Å²) in [4.78, 5) is 2.60. The maximum Gasteiger partial charge on any atom is 0.231 e. The number of nitrogens with one attached hydrogen (secondary N) is 1. The molecule has 4 nitrogen and oxygen atoms in total. The van der Waals surface area contributed by atoms with Crippen molar-refractivity contribution in [3.05, 3.63) is 23.8 Å². The lowest BCUT2D eigenvalue weighted by Gasteiger charge is -2.34. The summed E-state index contributed by atoms with van der Waals surface area (Å²) in [6, 6.07) is 6.63. The molecule has 1 fully saturated rings. The van der Waals surface area contributed by atoms with Gasteiger partial charge in [-0.15, -0.1) is 0 Å². The van der Waals surface area contributed by atoms with E-state index in [2.05, 4.69) is 29.3 Å². The van der Waals surface area contributed by atoms with Gasteiger partial charge in [0, 0.05) is 19.1 Å². The third-order valence-electron chi connectivity index (χ3n) is 4.77. The minimum absolute atomic E-state index is 0.341. The highest BCUT2D eigenvalue weighted by Crippen LogP contribution is 2.34. The van der Waals surface area contributed by atoms with Crippen LogP contribution in [-0.4, -0.2) is 38.4 Å². The van der Waals surface area contributed by atoms with E-state index in [1.54, 1.807) is 0 Å². The van der Waals surface area contributed by atoms with E-state index in [4.69, 9.17) is 9.47 Å². The van der Waals surface area contributed by atoms with Crippen molar-refractivity contribution in [1.29, 1.82) is 0 Å². The van der Waals surface area contributed by atoms with Crippen LogP contribution >= 0.6 is 0 Å². The fourth-order valence-corrected chi connectivity index (χ4v) is 3.40. The van der Waals surface area contributed by atoms with Crippen molar-refractivity contribution < 1.29 is 9.47 Å². The fourth-order valence-electron chi connectivity index (χ4n) is 3.40. The van der Waals surface area contributed by atoms with Gasteiger partial charge in [0.15, 0.2) is 11.5 Å². The standard InChI is InChI=1S/C17H26N2O2/c1-3-13-5-4-8-19(10-13)11-15(18-2)14-6-7-16-17(9-14)21-12-20-16/h6-7,9,13,15,18H,3-5,8,10-12H2,1-2H3. The van der Waals surface area contributed by atoms with Crippen LogP contribution < -0.4 is 14.8 Å². The molecule has 1 saturated heterocycles. The first-order valence-electron chi connectivity index (χ1n) is 8.09. The Morgan fingerprint density at radius 1 is 1.33 bits per heavy atom. The number of ether oxygens (including phenoxy) is 2. The van der Waals surface area contributed by atoms with Crippen LogP contribution in [0.4, 0.5) is 0 Å². The number of likely N-dealkylation sites (tertiary alicyclic amines) is 1.